The van der Waals surface area contributed by atoms with Crippen LogP contribution in [0.4, 0.5) is 0 Å². The molecule has 0 spiro atoms. The molecular formula is C13H16Cl2N2S. The molecule has 0 bridgehead atoms. The Labute approximate surface area is 123 Å². The number of nitrogens with one attached hydrogen (secondary N) is 1. The number of halogens is 2. The highest BCUT2D eigenvalue weighted by Crippen LogP contribution is 2.46. The second kappa shape index (κ2) is 6.00. The minimum absolute atomic E-state index is 0. The fourth-order valence-corrected chi connectivity index (χ4v) is 3.36. The van der Waals surface area contributed by atoms with Crippen LogP contribution in [0.3, 0.4) is 0 Å². The normalized spacial score (nSPS) is 21.7. The van der Waals surface area contributed by atoms with Crippen molar-refractivity contribution in [3.05, 3.63) is 46.4 Å². The van der Waals surface area contributed by atoms with Crippen molar-refractivity contribution in [1.82, 2.24) is 0 Å². The number of alkyl halides is 1. The van der Waals surface area contributed by atoms with Crippen molar-refractivity contribution in [1.29, 1.82) is 5.41 Å². The Kier molecular flexibility index (Phi) is 5.14. The molecule has 0 aromatic heterocycles. The number of nitrogens with two attached hydrogens (primary N) is 1. The summed E-state index contributed by atoms with van der Waals surface area (Å²) in [6.45, 7) is 2.05. The monoisotopic (exact) mass is 302 g/mol. The topological polar surface area (TPSA) is 49.9 Å². The molecule has 1 heterocycles. The lowest BCUT2D eigenvalue weighted by Crippen LogP contribution is -2.36. The number of aryl methyl sites for hydroxylation is 1. The van der Waals surface area contributed by atoms with Gasteiger partial charge in [-0.3, -0.25) is 5.41 Å². The molecule has 98 valence electrons. The molecule has 0 aliphatic carbocycles. The number of thioether (sulfide) groups is 1. The minimum Gasteiger partial charge on any atom is -0.386 e. The van der Waals surface area contributed by atoms with Gasteiger partial charge < -0.3 is 5.73 Å². The summed E-state index contributed by atoms with van der Waals surface area (Å²) in [5.74, 6) is 0.696. The predicted octanol–water partition coefficient (Wildman–Crippen LogP) is 3.94. The lowest BCUT2D eigenvalue weighted by Gasteiger charge is -2.29. The summed E-state index contributed by atoms with van der Waals surface area (Å²) < 4.78 is -0.424. The van der Waals surface area contributed by atoms with Gasteiger partial charge in [0, 0.05) is 5.88 Å². The molecule has 0 amide bonds. The van der Waals surface area contributed by atoms with Gasteiger partial charge in [-0.05, 0) is 35.4 Å². The third kappa shape index (κ3) is 2.53. The summed E-state index contributed by atoms with van der Waals surface area (Å²) in [6.07, 6.45) is 2.85. The van der Waals surface area contributed by atoms with Crippen LogP contribution >= 0.6 is 35.8 Å². The zero-order valence-corrected chi connectivity index (χ0v) is 12.5. The van der Waals surface area contributed by atoms with Gasteiger partial charge in [0.25, 0.3) is 0 Å². The molecule has 1 unspecified atom stereocenters. The Morgan fingerprint density at radius 1 is 1.56 bits per heavy atom. The molecular weight excluding hydrogens is 287 g/mol. The van der Waals surface area contributed by atoms with E-state index < -0.39 is 4.75 Å². The van der Waals surface area contributed by atoms with Crippen LogP contribution in [0.2, 0.25) is 0 Å². The average Bonchev–Trinajstić information content (AvgIpc) is 2.80. The van der Waals surface area contributed by atoms with E-state index in [1.807, 2.05) is 11.5 Å². The van der Waals surface area contributed by atoms with Gasteiger partial charge in [-0.1, -0.05) is 24.3 Å². The van der Waals surface area contributed by atoms with Crippen molar-refractivity contribution in [3.8, 4) is 0 Å². The van der Waals surface area contributed by atoms with Crippen LogP contribution in [0.5, 0.6) is 0 Å². The first kappa shape index (κ1) is 15.4. The van der Waals surface area contributed by atoms with Crippen molar-refractivity contribution < 1.29 is 0 Å². The van der Waals surface area contributed by atoms with E-state index in [-0.39, 0.29) is 18.2 Å². The van der Waals surface area contributed by atoms with Gasteiger partial charge in [0.05, 0.1) is 0 Å². The predicted molar refractivity (Wildman–Crippen MR) is 82.9 cm³/mol. The highest BCUT2D eigenvalue weighted by Gasteiger charge is 2.38. The number of rotatable bonds is 3. The number of benzene rings is 1. The van der Waals surface area contributed by atoms with Gasteiger partial charge in [-0.25, -0.2) is 0 Å². The quantitative estimate of drug-likeness (QED) is 0.505. The van der Waals surface area contributed by atoms with Gasteiger partial charge in [0.15, 0.2) is 0 Å². The number of hydrogen-bond donors (Lipinski definition) is 2. The molecule has 1 atom stereocenters. The Morgan fingerprint density at radius 2 is 2.28 bits per heavy atom. The molecule has 18 heavy (non-hydrogen) atoms. The Hall–Kier alpha value is -0.640. The highest BCUT2D eigenvalue weighted by molar-refractivity contribution is 8.04. The van der Waals surface area contributed by atoms with E-state index in [0.717, 1.165) is 23.1 Å². The van der Waals surface area contributed by atoms with Crippen molar-refractivity contribution in [3.63, 3.8) is 0 Å². The van der Waals surface area contributed by atoms with Crippen molar-refractivity contribution in [2.45, 2.75) is 24.0 Å². The lowest BCUT2D eigenvalue weighted by molar-refractivity contribution is 0.823. The van der Waals surface area contributed by atoms with Crippen LogP contribution in [0.1, 0.15) is 23.1 Å². The molecule has 0 fully saturated rings. The van der Waals surface area contributed by atoms with E-state index >= 15 is 0 Å². The summed E-state index contributed by atoms with van der Waals surface area (Å²) in [5, 5.41) is 9.91. The standard InChI is InChI=1S/C13H15ClN2S.ClH/c1-9-3-4-10(8-14)7-11(9)13(12(15)16)5-2-6-17-13;/h2-4,6-7H,5,8H2,1H3,(H3,15,16);1H. The van der Waals surface area contributed by atoms with Crippen LogP contribution in [-0.4, -0.2) is 5.84 Å². The number of amidine groups is 1. The van der Waals surface area contributed by atoms with Crippen LogP contribution in [0, 0.1) is 12.3 Å². The third-order valence-corrected chi connectivity index (χ3v) is 4.74. The first-order valence-corrected chi connectivity index (χ1v) is 6.85. The minimum atomic E-state index is -0.424. The molecule has 2 rings (SSSR count). The second-order valence-electron chi connectivity index (χ2n) is 4.22. The third-order valence-electron chi connectivity index (χ3n) is 3.10. The van der Waals surface area contributed by atoms with Gasteiger partial charge in [-0.2, -0.15) is 0 Å². The fourth-order valence-electron chi connectivity index (χ4n) is 2.11. The van der Waals surface area contributed by atoms with Crippen molar-refractivity contribution in [2.75, 3.05) is 0 Å². The Balaban J connectivity index is 0.00000162. The van der Waals surface area contributed by atoms with Gasteiger partial charge in [-0.15, -0.1) is 35.8 Å². The molecule has 1 aromatic carbocycles. The van der Waals surface area contributed by atoms with E-state index in [1.165, 1.54) is 0 Å². The maximum absolute atomic E-state index is 7.89. The lowest BCUT2D eigenvalue weighted by atomic mass is 9.89. The first-order valence-electron chi connectivity index (χ1n) is 5.43. The Morgan fingerprint density at radius 3 is 2.78 bits per heavy atom. The van der Waals surface area contributed by atoms with E-state index in [4.69, 9.17) is 22.7 Å². The molecule has 0 radical (unpaired) electrons. The summed E-state index contributed by atoms with van der Waals surface area (Å²) in [5.41, 5.74) is 9.15. The molecule has 2 nitrogen and oxygen atoms in total. The van der Waals surface area contributed by atoms with E-state index in [9.17, 15) is 0 Å². The number of allylic oxidation sites excluding steroid dienone is 1. The summed E-state index contributed by atoms with van der Waals surface area (Å²) in [6, 6.07) is 6.15. The van der Waals surface area contributed by atoms with E-state index in [1.54, 1.807) is 11.8 Å². The largest absolute Gasteiger partial charge is 0.386 e. The maximum atomic E-state index is 7.89. The van der Waals surface area contributed by atoms with Gasteiger partial charge >= 0.3 is 0 Å². The van der Waals surface area contributed by atoms with Crippen molar-refractivity contribution >= 4 is 41.6 Å². The molecule has 1 aliphatic heterocycles. The first-order chi connectivity index (χ1) is 8.10. The summed E-state index contributed by atoms with van der Waals surface area (Å²) >= 11 is 7.49. The molecule has 1 aromatic rings. The van der Waals surface area contributed by atoms with E-state index in [0.29, 0.717) is 5.88 Å². The molecule has 0 saturated heterocycles. The average molecular weight is 303 g/mol. The summed E-state index contributed by atoms with van der Waals surface area (Å²) in [4.78, 5) is 0. The fraction of sp³-hybridized carbons (Fsp3) is 0.308. The SMILES string of the molecule is Cc1ccc(CCl)cc1C1(C(=N)N)CC=CS1.Cl. The molecule has 0 saturated carbocycles. The number of hydrogen-bond acceptors (Lipinski definition) is 2. The highest BCUT2D eigenvalue weighted by atomic mass is 35.5. The zero-order chi connectivity index (χ0) is 12.5. The van der Waals surface area contributed by atoms with Crippen LogP contribution in [0.15, 0.2) is 29.7 Å². The van der Waals surface area contributed by atoms with Crippen LogP contribution in [0.25, 0.3) is 0 Å². The van der Waals surface area contributed by atoms with Crippen LogP contribution in [-0.2, 0) is 10.6 Å². The maximum Gasteiger partial charge on any atom is 0.112 e. The molecule has 5 heteroatoms. The molecule has 1 aliphatic rings. The summed E-state index contributed by atoms with van der Waals surface area (Å²) in [7, 11) is 0. The Bertz CT molecular complexity index is 478. The zero-order valence-electron chi connectivity index (χ0n) is 10.1. The molecule has 3 N–H and O–H groups in total. The smallest absolute Gasteiger partial charge is 0.112 e. The van der Waals surface area contributed by atoms with Gasteiger partial charge in [0.2, 0.25) is 0 Å². The van der Waals surface area contributed by atoms with Gasteiger partial charge in [0.1, 0.15) is 10.6 Å². The van der Waals surface area contributed by atoms with E-state index in [2.05, 4.69) is 25.1 Å². The van der Waals surface area contributed by atoms with Crippen molar-refractivity contribution in [2.24, 2.45) is 5.73 Å². The second-order valence-corrected chi connectivity index (χ2v) is 5.69. The van der Waals surface area contributed by atoms with Crippen LogP contribution < -0.4 is 5.73 Å².